The minimum Gasteiger partial charge on any atom is -0.400 e. The maximum absolute atomic E-state index is 11.2. The first-order chi connectivity index (χ1) is 7.99. The number of carbonyl (C=O) groups excluding carboxylic acids is 1. The number of hydrogen-bond acceptors (Lipinski definition) is 5. The minimum absolute atomic E-state index is 0.210. The fourth-order valence-electron chi connectivity index (χ4n) is 1.09. The van der Waals surface area contributed by atoms with Crippen LogP contribution in [0.2, 0.25) is 0 Å². The Morgan fingerprint density at radius 1 is 1.65 bits per heavy atom. The predicted molar refractivity (Wildman–Crippen MR) is 60.6 cm³/mol. The molecule has 0 fully saturated rings. The van der Waals surface area contributed by atoms with Gasteiger partial charge in [-0.05, 0) is 12.0 Å². The summed E-state index contributed by atoms with van der Waals surface area (Å²) in [5, 5.41) is 13.9. The zero-order valence-electron chi connectivity index (χ0n) is 9.54. The van der Waals surface area contributed by atoms with Crippen LogP contribution in [0.5, 0.6) is 0 Å². The van der Waals surface area contributed by atoms with Crippen LogP contribution in [0, 0.1) is 16.0 Å². The summed E-state index contributed by atoms with van der Waals surface area (Å²) in [7, 11) is 0. The van der Waals surface area contributed by atoms with Crippen LogP contribution in [0.1, 0.15) is 26.0 Å². The molecule has 1 N–H and O–H groups in total. The first-order valence-corrected chi connectivity index (χ1v) is 5.05. The van der Waals surface area contributed by atoms with Crippen LogP contribution in [0.3, 0.4) is 0 Å². The maximum Gasteiger partial charge on any atom is 0.433 e. The van der Waals surface area contributed by atoms with E-state index < -0.39 is 4.92 Å². The Kier molecular flexibility index (Phi) is 4.38. The van der Waals surface area contributed by atoms with Gasteiger partial charge in [-0.15, -0.1) is 0 Å². The molecule has 0 saturated carbocycles. The summed E-state index contributed by atoms with van der Waals surface area (Å²) in [5.74, 6) is -0.117. The molecule has 0 aliphatic heterocycles. The zero-order chi connectivity index (χ0) is 12.8. The van der Waals surface area contributed by atoms with Crippen LogP contribution in [-0.2, 0) is 4.79 Å². The molecule has 92 valence electrons. The first kappa shape index (κ1) is 12.9. The lowest BCUT2D eigenvalue weighted by Crippen LogP contribution is -2.18. The highest BCUT2D eigenvalue weighted by atomic mass is 16.6. The van der Waals surface area contributed by atoms with E-state index in [1.54, 1.807) is 0 Å². The van der Waals surface area contributed by atoms with Gasteiger partial charge >= 0.3 is 5.88 Å². The Balaban J connectivity index is 2.48. The lowest BCUT2D eigenvalue weighted by molar-refractivity contribution is -0.402. The summed E-state index contributed by atoms with van der Waals surface area (Å²) in [6, 6.07) is 2.62. The third kappa shape index (κ3) is 4.45. The molecule has 7 heteroatoms. The average molecular weight is 239 g/mol. The first-order valence-electron chi connectivity index (χ1n) is 5.05. The van der Waals surface area contributed by atoms with Crippen molar-refractivity contribution in [1.29, 1.82) is 0 Å². The Bertz CT molecular complexity index is 437. The molecule has 0 aromatic carbocycles. The van der Waals surface area contributed by atoms with Gasteiger partial charge in [0.25, 0.3) is 0 Å². The molecule has 0 bridgehead atoms. The maximum atomic E-state index is 11.2. The fraction of sp³-hybridized carbons (Fsp3) is 0.400. The lowest BCUT2D eigenvalue weighted by Gasteiger charge is -2.01. The Morgan fingerprint density at radius 2 is 2.35 bits per heavy atom. The number of nitro groups is 1. The molecule has 0 aliphatic carbocycles. The van der Waals surface area contributed by atoms with Crippen molar-refractivity contribution in [2.45, 2.75) is 20.3 Å². The van der Waals surface area contributed by atoms with E-state index in [9.17, 15) is 14.9 Å². The molecule has 1 aromatic heterocycles. The van der Waals surface area contributed by atoms with E-state index in [0.29, 0.717) is 6.42 Å². The van der Waals surface area contributed by atoms with Crippen LogP contribution in [0.15, 0.2) is 21.7 Å². The van der Waals surface area contributed by atoms with Gasteiger partial charge in [-0.2, -0.15) is 5.10 Å². The van der Waals surface area contributed by atoms with Gasteiger partial charge in [0.05, 0.1) is 12.3 Å². The van der Waals surface area contributed by atoms with Gasteiger partial charge in [0.1, 0.15) is 4.92 Å². The second-order valence-electron chi connectivity index (χ2n) is 3.82. The number of hydrogen-bond donors (Lipinski definition) is 1. The van der Waals surface area contributed by atoms with Crippen LogP contribution in [0.25, 0.3) is 0 Å². The number of nitrogens with one attached hydrogen (secondary N) is 1. The van der Waals surface area contributed by atoms with Gasteiger partial charge in [0, 0.05) is 6.42 Å². The van der Waals surface area contributed by atoms with Crippen molar-refractivity contribution in [3.8, 4) is 0 Å². The topological polar surface area (TPSA) is 97.7 Å². The largest absolute Gasteiger partial charge is 0.433 e. The van der Waals surface area contributed by atoms with Crippen molar-refractivity contribution in [3.05, 3.63) is 28.0 Å². The van der Waals surface area contributed by atoms with Gasteiger partial charge in [-0.3, -0.25) is 14.9 Å². The highest BCUT2D eigenvalue weighted by molar-refractivity contribution is 5.80. The van der Waals surface area contributed by atoms with Crippen LogP contribution >= 0.6 is 0 Å². The summed E-state index contributed by atoms with van der Waals surface area (Å²) in [6.07, 6.45) is 1.58. The molecule has 7 nitrogen and oxygen atoms in total. The number of amides is 1. The number of nitrogens with zero attached hydrogens (tertiary/aromatic N) is 2. The molecule has 0 aliphatic rings. The summed E-state index contributed by atoms with van der Waals surface area (Å²) < 4.78 is 4.81. The molecule has 0 radical (unpaired) electrons. The van der Waals surface area contributed by atoms with Crippen molar-refractivity contribution in [2.24, 2.45) is 11.0 Å². The third-order valence-electron chi connectivity index (χ3n) is 1.77. The smallest absolute Gasteiger partial charge is 0.400 e. The lowest BCUT2D eigenvalue weighted by atomic mass is 10.1. The van der Waals surface area contributed by atoms with Crippen LogP contribution < -0.4 is 5.43 Å². The number of hydrazone groups is 1. The molecule has 0 saturated heterocycles. The zero-order valence-corrected chi connectivity index (χ0v) is 9.54. The predicted octanol–water partition coefficient (Wildman–Crippen LogP) is 1.68. The second-order valence-corrected chi connectivity index (χ2v) is 3.82. The Hall–Kier alpha value is -2.18. The number of rotatable bonds is 5. The van der Waals surface area contributed by atoms with Crippen molar-refractivity contribution in [3.63, 3.8) is 0 Å². The second kappa shape index (κ2) is 5.78. The minimum atomic E-state index is -0.644. The summed E-state index contributed by atoms with van der Waals surface area (Å²) in [6.45, 7) is 3.83. The van der Waals surface area contributed by atoms with E-state index in [0.717, 1.165) is 0 Å². The Labute approximate surface area is 97.6 Å². The van der Waals surface area contributed by atoms with Crippen LogP contribution in [0.4, 0.5) is 5.88 Å². The highest BCUT2D eigenvalue weighted by Crippen LogP contribution is 2.13. The molecule has 0 unspecified atom stereocenters. The fourth-order valence-corrected chi connectivity index (χ4v) is 1.09. The van der Waals surface area contributed by atoms with Gasteiger partial charge in [-0.25, -0.2) is 5.43 Å². The molecule has 0 spiro atoms. The van der Waals surface area contributed by atoms with E-state index in [1.807, 2.05) is 13.8 Å². The molecule has 1 rings (SSSR count). The van der Waals surface area contributed by atoms with E-state index in [-0.39, 0.29) is 23.5 Å². The van der Waals surface area contributed by atoms with Crippen molar-refractivity contribution in [2.75, 3.05) is 0 Å². The number of carbonyl (C=O) groups is 1. The monoisotopic (exact) mass is 239 g/mol. The standard InChI is InChI=1S/C10H13N3O4/c1-7(2)5-9(14)12-11-6-8-3-4-10(17-8)13(15)16/h3-4,6-7H,5H2,1-2H3,(H,12,14)/b11-6+. The molecule has 1 heterocycles. The summed E-state index contributed by atoms with van der Waals surface area (Å²) >= 11 is 0. The normalized spacial score (nSPS) is 11.0. The molecular formula is C10H13N3O4. The SMILES string of the molecule is CC(C)CC(=O)N/N=C/c1ccc([N+](=O)[O-])o1. The van der Waals surface area contributed by atoms with E-state index >= 15 is 0 Å². The number of furan rings is 1. The average Bonchev–Trinajstić information content (AvgIpc) is 2.65. The quantitative estimate of drug-likeness (QED) is 0.480. The molecule has 17 heavy (non-hydrogen) atoms. The van der Waals surface area contributed by atoms with Gasteiger partial charge in [0.15, 0.2) is 5.76 Å². The molecule has 1 amide bonds. The summed E-state index contributed by atoms with van der Waals surface area (Å²) in [5.41, 5.74) is 2.30. The van der Waals surface area contributed by atoms with Gasteiger partial charge in [-0.1, -0.05) is 13.8 Å². The van der Waals surface area contributed by atoms with Gasteiger partial charge in [0.2, 0.25) is 5.91 Å². The third-order valence-corrected chi connectivity index (χ3v) is 1.77. The van der Waals surface area contributed by atoms with Gasteiger partial charge < -0.3 is 4.42 Å². The van der Waals surface area contributed by atoms with E-state index in [4.69, 9.17) is 4.42 Å². The highest BCUT2D eigenvalue weighted by Gasteiger charge is 2.10. The molecule has 0 atom stereocenters. The summed E-state index contributed by atoms with van der Waals surface area (Å²) in [4.78, 5) is 20.9. The van der Waals surface area contributed by atoms with E-state index in [2.05, 4.69) is 10.5 Å². The van der Waals surface area contributed by atoms with Crippen LogP contribution in [-0.4, -0.2) is 17.0 Å². The van der Waals surface area contributed by atoms with Crippen molar-refractivity contribution in [1.82, 2.24) is 5.43 Å². The van der Waals surface area contributed by atoms with Crippen molar-refractivity contribution >= 4 is 18.0 Å². The molecule has 1 aromatic rings. The Morgan fingerprint density at radius 3 is 2.88 bits per heavy atom. The molecular weight excluding hydrogens is 226 g/mol. The van der Waals surface area contributed by atoms with E-state index in [1.165, 1.54) is 18.3 Å². The van der Waals surface area contributed by atoms with Crippen molar-refractivity contribution < 1.29 is 14.1 Å².